The fraction of sp³-hybridized carbons (Fsp3) is 0.167. The molecule has 0 atom stereocenters. The predicted octanol–water partition coefficient (Wildman–Crippen LogP) is 8.67. The molecule has 0 radical (unpaired) electrons. The van der Waals surface area contributed by atoms with E-state index in [-0.39, 0.29) is 5.41 Å². The molecule has 0 amide bonds. The summed E-state index contributed by atoms with van der Waals surface area (Å²) in [7, 11) is 0. The van der Waals surface area contributed by atoms with Gasteiger partial charge in [0.1, 0.15) is 22.8 Å². The number of aromatic nitrogens is 1. The lowest BCUT2D eigenvalue weighted by atomic mass is 9.82. The second kappa shape index (κ2) is 7.08. The van der Waals surface area contributed by atoms with Crippen molar-refractivity contribution in [2.75, 3.05) is 0 Å². The van der Waals surface area contributed by atoms with Gasteiger partial charge in [0.15, 0.2) is 5.58 Å². The van der Waals surface area contributed by atoms with Crippen LogP contribution in [0.1, 0.15) is 32.1 Å². The molecule has 0 bridgehead atoms. The Hall–Kier alpha value is -3.85. The largest absolute Gasteiger partial charge is 0.461 e. The summed E-state index contributed by atoms with van der Waals surface area (Å²) in [5.74, 6) is 1.71. The fourth-order valence-electron chi connectivity index (χ4n) is 4.77. The van der Waals surface area contributed by atoms with Crippen molar-refractivity contribution in [3.05, 3.63) is 90.3 Å². The Balaban J connectivity index is 1.59. The minimum absolute atomic E-state index is 0.00657. The lowest BCUT2D eigenvalue weighted by molar-refractivity contribution is 0.578. The highest BCUT2D eigenvalue weighted by molar-refractivity contribution is 6.00. The maximum Gasteiger partial charge on any atom is 0.161 e. The minimum atomic E-state index is 0.00657. The second-order valence-electron chi connectivity index (χ2n) is 9.76. The van der Waals surface area contributed by atoms with Gasteiger partial charge in [0.2, 0.25) is 0 Å². The summed E-state index contributed by atoms with van der Waals surface area (Å²) in [5.41, 5.74) is 5.95. The monoisotopic (exact) mass is 431 g/mol. The number of nitrogens with zero attached hydrogens (tertiary/aromatic N) is 1. The summed E-state index contributed by atoms with van der Waals surface area (Å²) < 4.78 is 12.3. The van der Waals surface area contributed by atoms with Gasteiger partial charge in [0.05, 0.1) is 0 Å². The topological polar surface area (TPSA) is 39.2 Å². The van der Waals surface area contributed by atoms with Crippen molar-refractivity contribution in [2.24, 2.45) is 0 Å². The molecular formula is C30H25NO2. The molecule has 33 heavy (non-hydrogen) atoms. The second-order valence-corrected chi connectivity index (χ2v) is 9.76. The molecule has 6 rings (SSSR count). The summed E-state index contributed by atoms with van der Waals surface area (Å²) in [6, 6.07) is 25.3. The van der Waals surface area contributed by atoms with Crippen LogP contribution in [0.15, 0.2) is 87.8 Å². The first-order valence-corrected chi connectivity index (χ1v) is 11.3. The molecule has 0 saturated heterocycles. The lowest BCUT2D eigenvalue weighted by Gasteiger charge is -2.22. The van der Waals surface area contributed by atoms with Gasteiger partial charge in [0.25, 0.3) is 0 Å². The predicted molar refractivity (Wildman–Crippen MR) is 136 cm³/mol. The average Bonchev–Trinajstić information content (AvgIpc) is 3.39. The molecule has 0 unspecified atom stereocenters. The molecule has 0 N–H and O–H groups in total. The number of pyridine rings is 1. The third-order valence-corrected chi connectivity index (χ3v) is 6.33. The van der Waals surface area contributed by atoms with E-state index in [2.05, 4.69) is 75.4 Å². The molecule has 6 aromatic rings. The maximum absolute atomic E-state index is 6.49. The highest BCUT2D eigenvalue weighted by atomic mass is 16.3. The van der Waals surface area contributed by atoms with Crippen molar-refractivity contribution < 1.29 is 8.83 Å². The van der Waals surface area contributed by atoms with Crippen LogP contribution in [-0.2, 0) is 5.41 Å². The molecule has 162 valence electrons. The van der Waals surface area contributed by atoms with Gasteiger partial charge < -0.3 is 8.83 Å². The van der Waals surface area contributed by atoms with Crippen molar-refractivity contribution >= 4 is 32.7 Å². The molecule has 0 aliphatic rings. The Labute approximate surface area is 192 Å². The fourth-order valence-corrected chi connectivity index (χ4v) is 4.77. The van der Waals surface area contributed by atoms with Gasteiger partial charge in [-0.1, -0.05) is 57.2 Å². The Morgan fingerprint density at radius 2 is 1.61 bits per heavy atom. The van der Waals surface area contributed by atoms with Gasteiger partial charge in [-0.25, -0.2) is 0 Å². The van der Waals surface area contributed by atoms with E-state index in [1.165, 1.54) is 16.3 Å². The smallest absolute Gasteiger partial charge is 0.161 e. The van der Waals surface area contributed by atoms with Crippen LogP contribution in [0.2, 0.25) is 0 Å². The highest BCUT2D eigenvalue weighted by Gasteiger charge is 2.21. The molecule has 0 aliphatic heterocycles. The van der Waals surface area contributed by atoms with E-state index in [9.17, 15) is 0 Å². The number of hydrogen-bond donors (Lipinski definition) is 0. The van der Waals surface area contributed by atoms with E-state index in [0.29, 0.717) is 0 Å². The zero-order valence-corrected chi connectivity index (χ0v) is 19.3. The van der Waals surface area contributed by atoms with E-state index in [1.54, 1.807) is 0 Å². The summed E-state index contributed by atoms with van der Waals surface area (Å²) >= 11 is 0. The zero-order valence-electron chi connectivity index (χ0n) is 19.3. The van der Waals surface area contributed by atoms with E-state index >= 15 is 0 Å². The van der Waals surface area contributed by atoms with Gasteiger partial charge in [-0.2, -0.15) is 0 Å². The third-order valence-electron chi connectivity index (χ3n) is 6.33. The van der Waals surface area contributed by atoms with Crippen molar-refractivity contribution in [2.45, 2.75) is 33.1 Å². The Bertz CT molecular complexity index is 1660. The van der Waals surface area contributed by atoms with E-state index < -0.39 is 0 Å². The standard InChI is InChI=1S/C30H25NO2/c1-18-14-24-23(10-7-11-26(24)32-18)27-17-20-12-13-31-28(29(20)33-27)21-15-19-8-5-6-9-22(19)25(16-21)30(2,3)4/h5-17H,1-4H3. The van der Waals surface area contributed by atoms with Crippen molar-refractivity contribution in [3.8, 4) is 22.6 Å². The minimum Gasteiger partial charge on any atom is -0.461 e. The Kier molecular flexibility index (Phi) is 4.25. The lowest BCUT2D eigenvalue weighted by Crippen LogP contribution is -2.12. The number of benzene rings is 3. The average molecular weight is 432 g/mol. The first kappa shape index (κ1) is 19.8. The zero-order chi connectivity index (χ0) is 22.7. The molecule has 0 aliphatic carbocycles. The number of aryl methyl sites for hydroxylation is 1. The Morgan fingerprint density at radius 3 is 2.45 bits per heavy atom. The van der Waals surface area contributed by atoms with Gasteiger partial charge >= 0.3 is 0 Å². The van der Waals surface area contributed by atoms with E-state index in [4.69, 9.17) is 13.8 Å². The highest BCUT2D eigenvalue weighted by Crippen LogP contribution is 2.39. The first-order valence-electron chi connectivity index (χ1n) is 11.3. The van der Waals surface area contributed by atoms with Crippen LogP contribution >= 0.6 is 0 Å². The van der Waals surface area contributed by atoms with Gasteiger partial charge in [-0.3, -0.25) is 4.98 Å². The number of furan rings is 2. The van der Waals surface area contributed by atoms with Crippen LogP contribution in [0, 0.1) is 6.92 Å². The SMILES string of the molecule is Cc1cc2c(-c3cc4ccnc(-c5cc(C(C)(C)C)c6ccccc6c5)c4o3)cccc2o1. The van der Waals surface area contributed by atoms with Gasteiger partial charge in [0, 0.05) is 28.1 Å². The molecule has 0 spiro atoms. The van der Waals surface area contributed by atoms with E-state index in [0.717, 1.165) is 50.3 Å². The molecular weight excluding hydrogens is 406 g/mol. The first-order chi connectivity index (χ1) is 15.9. The van der Waals surface area contributed by atoms with Crippen molar-refractivity contribution in [1.82, 2.24) is 4.98 Å². The molecule has 3 aromatic carbocycles. The maximum atomic E-state index is 6.49. The quantitative estimate of drug-likeness (QED) is 0.275. The van der Waals surface area contributed by atoms with Crippen LogP contribution in [0.3, 0.4) is 0 Å². The van der Waals surface area contributed by atoms with Gasteiger partial charge in [-0.05, 0) is 65.1 Å². The molecule has 0 saturated carbocycles. The van der Waals surface area contributed by atoms with Crippen LogP contribution in [0.5, 0.6) is 0 Å². The van der Waals surface area contributed by atoms with E-state index in [1.807, 2.05) is 31.3 Å². The van der Waals surface area contributed by atoms with Crippen molar-refractivity contribution in [1.29, 1.82) is 0 Å². The van der Waals surface area contributed by atoms with Crippen LogP contribution in [0.4, 0.5) is 0 Å². The third kappa shape index (κ3) is 3.23. The number of fused-ring (bicyclic) bond motifs is 3. The molecule has 3 nitrogen and oxygen atoms in total. The normalized spacial score (nSPS) is 12.2. The number of rotatable bonds is 2. The van der Waals surface area contributed by atoms with Crippen LogP contribution in [-0.4, -0.2) is 4.98 Å². The molecule has 3 heterocycles. The summed E-state index contributed by atoms with van der Waals surface area (Å²) in [6.45, 7) is 8.73. The number of hydrogen-bond acceptors (Lipinski definition) is 3. The van der Waals surface area contributed by atoms with Gasteiger partial charge in [-0.15, -0.1) is 0 Å². The molecule has 0 fully saturated rings. The van der Waals surface area contributed by atoms with Crippen LogP contribution < -0.4 is 0 Å². The summed E-state index contributed by atoms with van der Waals surface area (Å²) in [4.78, 5) is 4.77. The molecule has 3 aromatic heterocycles. The van der Waals surface area contributed by atoms with Crippen LogP contribution in [0.25, 0.3) is 55.3 Å². The Morgan fingerprint density at radius 1 is 0.758 bits per heavy atom. The van der Waals surface area contributed by atoms with Crippen molar-refractivity contribution in [3.63, 3.8) is 0 Å². The summed E-state index contributed by atoms with van der Waals surface area (Å²) in [6.07, 6.45) is 1.87. The summed E-state index contributed by atoms with van der Waals surface area (Å²) in [5, 5.41) is 4.59. The molecule has 3 heteroatoms.